The van der Waals surface area contributed by atoms with E-state index >= 15 is 0 Å². The van der Waals surface area contributed by atoms with Crippen LogP contribution in [0.15, 0.2) is 0 Å². The van der Waals surface area contributed by atoms with E-state index < -0.39 is 0 Å². The number of nitrogens with zero attached hydrogens (tertiary/aromatic N) is 1. The molecule has 0 amide bonds. The summed E-state index contributed by atoms with van der Waals surface area (Å²) in [4.78, 5) is 2.46. The van der Waals surface area contributed by atoms with Crippen molar-refractivity contribution in [1.82, 2.24) is 10.2 Å². The summed E-state index contributed by atoms with van der Waals surface area (Å²) < 4.78 is 0. The quantitative estimate of drug-likeness (QED) is 0.839. The Morgan fingerprint density at radius 2 is 1.58 bits per heavy atom. The lowest BCUT2D eigenvalue weighted by molar-refractivity contribution is 0.148. The molecule has 0 radical (unpaired) electrons. The molecule has 0 aromatic carbocycles. The van der Waals surface area contributed by atoms with Crippen LogP contribution in [0.1, 0.15) is 52.9 Å². The van der Waals surface area contributed by atoms with Crippen LogP contribution in [-0.2, 0) is 0 Å². The fourth-order valence-corrected chi connectivity index (χ4v) is 3.92. The lowest BCUT2D eigenvalue weighted by Gasteiger charge is -2.37. The number of likely N-dealkylation sites (tertiary alicyclic amines) is 1. The third-order valence-electron chi connectivity index (χ3n) is 5.43. The van der Waals surface area contributed by atoms with Gasteiger partial charge in [-0.05, 0) is 82.0 Å². The molecule has 2 nitrogen and oxygen atoms in total. The smallest absolute Gasteiger partial charge is 0.00192 e. The molecule has 1 N–H and O–H groups in total. The van der Waals surface area contributed by atoms with Crippen molar-refractivity contribution in [1.29, 1.82) is 0 Å². The number of rotatable bonds is 4. The summed E-state index contributed by atoms with van der Waals surface area (Å²) >= 11 is 0. The first-order chi connectivity index (χ1) is 8.95. The lowest BCUT2D eigenvalue weighted by Crippen LogP contribution is -2.33. The highest BCUT2D eigenvalue weighted by Gasteiger charge is 2.29. The summed E-state index contributed by atoms with van der Waals surface area (Å²) in [7, 11) is 2.24. The molecule has 1 aliphatic carbocycles. The zero-order valence-electron chi connectivity index (χ0n) is 13.5. The highest BCUT2D eigenvalue weighted by molar-refractivity contribution is 4.82. The van der Waals surface area contributed by atoms with Crippen LogP contribution in [0.4, 0.5) is 0 Å². The summed E-state index contributed by atoms with van der Waals surface area (Å²) in [6.45, 7) is 12.3. The molecule has 1 saturated carbocycles. The maximum atomic E-state index is 3.74. The molecule has 0 aromatic rings. The molecule has 0 bridgehead atoms. The molecule has 2 heteroatoms. The second-order valence-corrected chi connectivity index (χ2v) is 8.16. The molecule has 2 fully saturated rings. The van der Waals surface area contributed by atoms with E-state index in [0.29, 0.717) is 5.41 Å². The Hall–Kier alpha value is -0.0800. The Kier molecular flexibility index (Phi) is 5.30. The molecule has 1 heterocycles. The van der Waals surface area contributed by atoms with E-state index in [4.69, 9.17) is 0 Å². The molecular formula is C17H34N2. The van der Waals surface area contributed by atoms with Gasteiger partial charge < -0.3 is 10.2 Å². The van der Waals surface area contributed by atoms with Crippen LogP contribution in [0.5, 0.6) is 0 Å². The molecule has 19 heavy (non-hydrogen) atoms. The monoisotopic (exact) mass is 266 g/mol. The molecule has 112 valence electrons. The van der Waals surface area contributed by atoms with E-state index in [1.165, 1.54) is 58.3 Å². The van der Waals surface area contributed by atoms with Gasteiger partial charge in [0, 0.05) is 6.54 Å². The zero-order valence-corrected chi connectivity index (χ0v) is 13.5. The first-order valence-corrected chi connectivity index (χ1v) is 8.34. The average Bonchev–Trinajstić information content (AvgIpc) is 2.75. The minimum Gasteiger partial charge on any atom is -0.316 e. The van der Waals surface area contributed by atoms with Crippen LogP contribution in [0.3, 0.4) is 0 Å². The first kappa shape index (κ1) is 15.3. The van der Waals surface area contributed by atoms with Gasteiger partial charge in [0.1, 0.15) is 0 Å². The van der Waals surface area contributed by atoms with Crippen molar-refractivity contribution in [3.05, 3.63) is 0 Å². The molecule has 0 aromatic heterocycles. The van der Waals surface area contributed by atoms with Gasteiger partial charge in [0.15, 0.2) is 0 Å². The van der Waals surface area contributed by atoms with Gasteiger partial charge in [0.25, 0.3) is 0 Å². The van der Waals surface area contributed by atoms with Crippen molar-refractivity contribution in [2.75, 3.05) is 33.2 Å². The normalized spacial score (nSPS) is 33.8. The highest BCUT2D eigenvalue weighted by atomic mass is 15.1. The van der Waals surface area contributed by atoms with Gasteiger partial charge in [0.2, 0.25) is 0 Å². The molecule has 1 unspecified atom stereocenters. The number of hydrogen-bond donors (Lipinski definition) is 1. The van der Waals surface area contributed by atoms with Crippen LogP contribution in [0, 0.1) is 23.2 Å². The molecule has 2 aliphatic rings. The van der Waals surface area contributed by atoms with E-state index in [0.717, 1.165) is 17.8 Å². The van der Waals surface area contributed by atoms with Crippen molar-refractivity contribution in [2.45, 2.75) is 52.9 Å². The minimum absolute atomic E-state index is 0.521. The maximum absolute atomic E-state index is 3.74. The summed E-state index contributed by atoms with van der Waals surface area (Å²) in [6, 6.07) is 0. The van der Waals surface area contributed by atoms with Crippen molar-refractivity contribution >= 4 is 0 Å². The molecule has 1 aliphatic heterocycles. The molecule has 1 saturated heterocycles. The second kappa shape index (κ2) is 6.58. The standard InChI is InChI=1S/C17H34N2/c1-17(2,3)16-7-5-14(6-8-16)11-18-12-15-9-10-19(4)13-15/h14-16,18H,5-13H2,1-4H3. The SMILES string of the molecule is CN1CCC(CNCC2CCC(C(C)(C)C)CC2)C1. The Morgan fingerprint density at radius 1 is 0.947 bits per heavy atom. The van der Waals surface area contributed by atoms with E-state index in [-0.39, 0.29) is 0 Å². The van der Waals surface area contributed by atoms with Crippen molar-refractivity contribution in [3.8, 4) is 0 Å². The van der Waals surface area contributed by atoms with Crippen LogP contribution >= 0.6 is 0 Å². The third kappa shape index (κ3) is 4.75. The number of nitrogens with one attached hydrogen (secondary N) is 1. The average molecular weight is 266 g/mol. The van der Waals surface area contributed by atoms with Crippen molar-refractivity contribution in [2.24, 2.45) is 23.2 Å². The van der Waals surface area contributed by atoms with Crippen LogP contribution in [-0.4, -0.2) is 38.1 Å². The van der Waals surface area contributed by atoms with Gasteiger partial charge in [-0.25, -0.2) is 0 Å². The molecule has 1 atom stereocenters. The van der Waals surface area contributed by atoms with Gasteiger partial charge in [0.05, 0.1) is 0 Å². The van der Waals surface area contributed by atoms with E-state index in [9.17, 15) is 0 Å². The summed E-state index contributed by atoms with van der Waals surface area (Å²) in [5, 5.41) is 3.74. The van der Waals surface area contributed by atoms with Crippen LogP contribution in [0.2, 0.25) is 0 Å². The van der Waals surface area contributed by atoms with Gasteiger partial charge in [-0.2, -0.15) is 0 Å². The van der Waals surface area contributed by atoms with Crippen LogP contribution < -0.4 is 5.32 Å². The molecule has 2 rings (SSSR count). The number of hydrogen-bond acceptors (Lipinski definition) is 2. The molecular weight excluding hydrogens is 232 g/mol. The first-order valence-electron chi connectivity index (χ1n) is 8.34. The van der Waals surface area contributed by atoms with E-state index in [1.807, 2.05) is 0 Å². The largest absolute Gasteiger partial charge is 0.316 e. The fraction of sp³-hybridized carbons (Fsp3) is 1.00. The molecule has 0 spiro atoms. The lowest BCUT2D eigenvalue weighted by atomic mass is 9.70. The topological polar surface area (TPSA) is 15.3 Å². The maximum Gasteiger partial charge on any atom is 0.00192 e. The predicted octanol–water partition coefficient (Wildman–Crippen LogP) is 3.38. The fourth-order valence-electron chi connectivity index (χ4n) is 3.92. The Labute approximate surface area is 120 Å². The van der Waals surface area contributed by atoms with Gasteiger partial charge in [-0.1, -0.05) is 20.8 Å². The zero-order chi connectivity index (χ0) is 13.9. The third-order valence-corrected chi connectivity index (χ3v) is 5.43. The van der Waals surface area contributed by atoms with Crippen LogP contribution in [0.25, 0.3) is 0 Å². The summed E-state index contributed by atoms with van der Waals surface area (Å²) in [5.41, 5.74) is 0.521. The van der Waals surface area contributed by atoms with E-state index in [2.05, 4.69) is 38.0 Å². The summed E-state index contributed by atoms with van der Waals surface area (Å²) in [6.07, 6.45) is 7.17. The van der Waals surface area contributed by atoms with E-state index in [1.54, 1.807) is 0 Å². The van der Waals surface area contributed by atoms with Crippen molar-refractivity contribution in [3.63, 3.8) is 0 Å². The van der Waals surface area contributed by atoms with Gasteiger partial charge in [-0.3, -0.25) is 0 Å². The Balaban J connectivity index is 1.58. The van der Waals surface area contributed by atoms with Gasteiger partial charge >= 0.3 is 0 Å². The minimum atomic E-state index is 0.521. The summed E-state index contributed by atoms with van der Waals surface area (Å²) in [5.74, 6) is 2.79. The Morgan fingerprint density at radius 3 is 2.11 bits per heavy atom. The Bertz CT molecular complexity index is 261. The second-order valence-electron chi connectivity index (χ2n) is 8.16. The van der Waals surface area contributed by atoms with Gasteiger partial charge in [-0.15, -0.1) is 0 Å². The predicted molar refractivity (Wildman–Crippen MR) is 83.4 cm³/mol. The van der Waals surface area contributed by atoms with Crippen molar-refractivity contribution < 1.29 is 0 Å². The highest BCUT2D eigenvalue weighted by Crippen LogP contribution is 2.39.